The van der Waals surface area contributed by atoms with E-state index in [0.717, 1.165) is 35.2 Å². The van der Waals surface area contributed by atoms with E-state index in [-0.39, 0.29) is 11.3 Å². The Morgan fingerprint density at radius 3 is 2.93 bits per heavy atom. The number of aromatic nitrogens is 2. The van der Waals surface area contributed by atoms with E-state index in [2.05, 4.69) is 22.4 Å². The van der Waals surface area contributed by atoms with Crippen LogP contribution in [0.4, 0.5) is 0 Å². The van der Waals surface area contributed by atoms with Crippen LogP contribution in [-0.4, -0.2) is 26.8 Å². The highest BCUT2D eigenvalue weighted by Gasteiger charge is 2.25. The number of phenols is 1. The molecule has 2 aromatic heterocycles. The molecule has 4 rings (SSSR count). The minimum absolute atomic E-state index is 0.159. The van der Waals surface area contributed by atoms with Crippen LogP contribution in [0.25, 0.3) is 10.2 Å². The minimum atomic E-state index is -0.741. The fraction of sp³-hybridized carbons (Fsp3) is 0.333. The van der Waals surface area contributed by atoms with E-state index in [0.29, 0.717) is 11.3 Å². The molecule has 1 aliphatic carbocycles. The van der Waals surface area contributed by atoms with Crippen molar-refractivity contribution in [1.29, 1.82) is 0 Å². The maximum atomic E-state index is 13.1. The van der Waals surface area contributed by atoms with Crippen molar-refractivity contribution in [3.63, 3.8) is 0 Å². The van der Waals surface area contributed by atoms with E-state index in [4.69, 9.17) is 0 Å². The molecular weight excluding hydrogens is 388 g/mol. The fourth-order valence-electron chi connectivity index (χ4n) is 3.57. The molecule has 8 heteroatoms. The van der Waals surface area contributed by atoms with Crippen molar-refractivity contribution in [3.8, 4) is 5.75 Å². The summed E-state index contributed by atoms with van der Waals surface area (Å²) in [5.74, 6) is 0.377. The van der Waals surface area contributed by atoms with E-state index < -0.39 is 11.9 Å². The van der Waals surface area contributed by atoms with Crippen molar-refractivity contribution >= 4 is 33.7 Å². The SMILES string of the molecule is C[C@@H]1CCc2c(sc3ncn([C@@H](C)C(=O)N/N=C/c4ccc(O)cc4)c(=O)c23)C1. The standard InChI is InChI=1S/C21H22N4O3S/c1-12-3-8-16-17(9-12)29-20-18(16)21(28)25(11-22-20)13(2)19(27)24-23-10-14-4-6-15(26)7-5-14/h4-7,10-13,26H,3,8-9H2,1-2H3,(H,24,27)/b23-10+/t12-,13+/m1/s1. The van der Waals surface area contributed by atoms with Gasteiger partial charge in [-0.1, -0.05) is 6.92 Å². The van der Waals surface area contributed by atoms with Gasteiger partial charge in [0.15, 0.2) is 0 Å². The third-order valence-corrected chi connectivity index (χ3v) is 6.48. The zero-order valence-corrected chi connectivity index (χ0v) is 17.1. The summed E-state index contributed by atoms with van der Waals surface area (Å²) in [7, 11) is 0. The van der Waals surface area contributed by atoms with E-state index in [1.54, 1.807) is 30.4 Å². The third kappa shape index (κ3) is 3.80. The quantitative estimate of drug-likeness (QED) is 0.510. The van der Waals surface area contributed by atoms with Gasteiger partial charge in [0.2, 0.25) is 0 Å². The van der Waals surface area contributed by atoms with Gasteiger partial charge < -0.3 is 5.11 Å². The number of hydrogen-bond donors (Lipinski definition) is 2. The van der Waals surface area contributed by atoms with Gasteiger partial charge >= 0.3 is 0 Å². The molecule has 0 fully saturated rings. The number of fused-ring (bicyclic) bond motifs is 3. The molecule has 1 amide bonds. The second-order valence-corrected chi connectivity index (χ2v) is 8.57. The Morgan fingerprint density at radius 2 is 2.17 bits per heavy atom. The Kier molecular flexibility index (Phi) is 5.19. The molecule has 150 valence electrons. The Morgan fingerprint density at radius 1 is 1.41 bits per heavy atom. The number of benzene rings is 1. The lowest BCUT2D eigenvalue weighted by Crippen LogP contribution is -2.34. The summed E-state index contributed by atoms with van der Waals surface area (Å²) < 4.78 is 1.37. The van der Waals surface area contributed by atoms with Gasteiger partial charge in [-0.15, -0.1) is 11.3 Å². The molecule has 0 unspecified atom stereocenters. The number of hydrazone groups is 1. The number of aromatic hydroxyl groups is 1. The minimum Gasteiger partial charge on any atom is -0.508 e. The second kappa shape index (κ2) is 7.79. The van der Waals surface area contributed by atoms with E-state index in [1.807, 2.05) is 0 Å². The van der Waals surface area contributed by atoms with E-state index in [1.165, 1.54) is 34.1 Å². The van der Waals surface area contributed by atoms with Crippen molar-refractivity contribution < 1.29 is 9.90 Å². The van der Waals surface area contributed by atoms with Gasteiger partial charge in [0.25, 0.3) is 11.5 Å². The number of nitrogens with zero attached hydrogens (tertiary/aromatic N) is 3. The summed E-state index contributed by atoms with van der Waals surface area (Å²) in [6.07, 6.45) is 5.86. The Balaban J connectivity index is 1.55. The van der Waals surface area contributed by atoms with Crippen LogP contribution in [-0.2, 0) is 17.6 Å². The molecule has 0 bridgehead atoms. The Labute approximate surface area is 171 Å². The third-order valence-electron chi connectivity index (χ3n) is 5.32. The first-order valence-corrected chi connectivity index (χ1v) is 10.4. The molecule has 0 spiro atoms. The van der Waals surface area contributed by atoms with Crippen LogP contribution < -0.4 is 11.0 Å². The van der Waals surface area contributed by atoms with E-state index in [9.17, 15) is 14.7 Å². The average Bonchev–Trinajstić information content (AvgIpc) is 3.07. The largest absolute Gasteiger partial charge is 0.508 e. The van der Waals surface area contributed by atoms with Crippen molar-refractivity contribution in [2.45, 2.75) is 39.2 Å². The maximum Gasteiger partial charge on any atom is 0.263 e. The van der Waals surface area contributed by atoms with Crippen molar-refractivity contribution in [1.82, 2.24) is 15.0 Å². The van der Waals surface area contributed by atoms with Crippen molar-refractivity contribution in [2.75, 3.05) is 0 Å². The molecular formula is C21H22N4O3S. The van der Waals surface area contributed by atoms with Crippen LogP contribution in [0.15, 0.2) is 40.5 Å². The van der Waals surface area contributed by atoms with Crippen molar-refractivity contribution in [2.24, 2.45) is 11.0 Å². The summed E-state index contributed by atoms with van der Waals surface area (Å²) >= 11 is 1.59. The molecule has 1 aromatic carbocycles. The smallest absolute Gasteiger partial charge is 0.263 e. The Hall–Kier alpha value is -3.00. The zero-order valence-electron chi connectivity index (χ0n) is 16.3. The van der Waals surface area contributed by atoms with Gasteiger partial charge in [0.05, 0.1) is 17.9 Å². The topological polar surface area (TPSA) is 96.6 Å². The monoisotopic (exact) mass is 410 g/mol. The first-order chi connectivity index (χ1) is 13.9. The van der Waals surface area contributed by atoms with Crippen LogP contribution >= 0.6 is 11.3 Å². The molecule has 2 heterocycles. The summed E-state index contributed by atoms with van der Waals surface area (Å²) in [6.45, 7) is 3.88. The maximum absolute atomic E-state index is 13.1. The molecule has 0 aliphatic heterocycles. The average molecular weight is 410 g/mol. The lowest BCUT2D eigenvalue weighted by Gasteiger charge is -2.18. The molecule has 0 saturated heterocycles. The Bertz CT molecular complexity index is 1150. The lowest BCUT2D eigenvalue weighted by atomic mass is 9.89. The summed E-state index contributed by atoms with van der Waals surface area (Å²) in [6, 6.07) is 5.69. The molecule has 2 atom stereocenters. The van der Waals surface area contributed by atoms with Gasteiger partial charge in [0.1, 0.15) is 16.6 Å². The fourth-order valence-corrected chi connectivity index (χ4v) is 4.91. The highest BCUT2D eigenvalue weighted by molar-refractivity contribution is 7.18. The highest BCUT2D eigenvalue weighted by Crippen LogP contribution is 2.35. The summed E-state index contributed by atoms with van der Waals surface area (Å²) in [5.41, 5.74) is 4.13. The molecule has 2 N–H and O–H groups in total. The molecule has 1 aliphatic rings. The number of phenolic OH excluding ortho intramolecular Hbond substituents is 1. The first kappa shape index (κ1) is 19.3. The number of rotatable bonds is 4. The van der Waals surface area contributed by atoms with E-state index >= 15 is 0 Å². The van der Waals surface area contributed by atoms with Crippen LogP contribution in [0, 0.1) is 5.92 Å². The zero-order chi connectivity index (χ0) is 20.5. The van der Waals surface area contributed by atoms with Crippen LogP contribution in [0.1, 0.15) is 42.3 Å². The number of carbonyl (C=O) groups excluding carboxylic acids is 1. The number of hydrogen-bond acceptors (Lipinski definition) is 6. The highest BCUT2D eigenvalue weighted by atomic mass is 32.1. The number of thiophene rings is 1. The van der Waals surface area contributed by atoms with Crippen LogP contribution in [0.5, 0.6) is 5.75 Å². The molecule has 29 heavy (non-hydrogen) atoms. The normalized spacial score (nSPS) is 17.4. The van der Waals surface area contributed by atoms with Gasteiger partial charge in [-0.3, -0.25) is 14.2 Å². The number of nitrogens with one attached hydrogen (secondary N) is 1. The number of carbonyl (C=O) groups is 1. The lowest BCUT2D eigenvalue weighted by molar-refractivity contribution is -0.123. The van der Waals surface area contributed by atoms with Crippen LogP contribution in [0.3, 0.4) is 0 Å². The van der Waals surface area contributed by atoms with Gasteiger partial charge in [-0.25, -0.2) is 10.4 Å². The number of amides is 1. The molecule has 0 saturated carbocycles. The van der Waals surface area contributed by atoms with Gasteiger partial charge in [-0.05, 0) is 67.5 Å². The van der Waals surface area contributed by atoms with Gasteiger partial charge in [0, 0.05) is 4.88 Å². The summed E-state index contributed by atoms with van der Waals surface area (Å²) in [5, 5.41) is 13.9. The summed E-state index contributed by atoms with van der Waals surface area (Å²) in [4.78, 5) is 32.1. The van der Waals surface area contributed by atoms with Crippen LogP contribution in [0.2, 0.25) is 0 Å². The molecule has 0 radical (unpaired) electrons. The molecule has 7 nitrogen and oxygen atoms in total. The first-order valence-electron chi connectivity index (χ1n) is 9.57. The van der Waals surface area contributed by atoms with Gasteiger partial charge in [-0.2, -0.15) is 5.10 Å². The second-order valence-electron chi connectivity index (χ2n) is 7.49. The van der Waals surface area contributed by atoms with Crippen molar-refractivity contribution in [3.05, 3.63) is 57.0 Å². The number of aryl methyl sites for hydroxylation is 1. The predicted octanol–water partition coefficient (Wildman–Crippen LogP) is 3.00. The predicted molar refractivity (Wildman–Crippen MR) is 114 cm³/mol. The molecule has 3 aromatic rings.